The van der Waals surface area contributed by atoms with Gasteiger partial charge in [0.1, 0.15) is 11.7 Å². The average molecular weight is 401 g/mol. The molecule has 1 saturated carbocycles. The van der Waals surface area contributed by atoms with E-state index in [4.69, 9.17) is 21.7 Å². The van der Waals surface area contributed by atoms with Gasteiger partial charge in [-0.15, -0.1) is 0 Å². The fourth-order valence-corrected chi connectivity index (χ4v) is 4.94. The molecule has 1 unspecified atom stereocenters. The molecule has 0 amide bonds. The van der Waals surface area contributed by atoms with E-state index in [1.54, 1.807) is 0 Å². The van der Waals surface area contributed by atoms with Crippen molar-refractivity contribution >= 4 is 45.1 Å². The summed E-state index contributed by atoms with van der Waals surface area (Å²) in [7, 11) is 0. The molecule has 0 heterocycles. The third-order valence-electron chi connectivity index (χ3n) is 5.51. The van der Waals surface area contributed by atoms with E-state index >= 15 is 0 Å². The van der Waals surface area contributed by atoms with Gasteiger partial charge < -0.3 is 9.47 Å². The summed E-state index contributed by atoms with van der Waals surface area (Å²) in [5.74, 6) is -0.210. The number of fused-ring (bicyclic) bond motifs is 6. The van der Waals surface area contributed by atoms with Crippen LogP contribution in [0.3, 0.4) is 0 Å². The SMILES string of the molecule is CSC(=S)O[C@H]1C[C@@H]2c3cc4ccccc4cc3[C@H]1C2C(=O)OC(C)(C)C. The van der Waals surface area contributed by atoms with E-state index in [-0.39, 0.29) is 29.8 Å². The Labute approximate surface area is 169 Å². The van der Waals surface area contributed by atoms with Crippen molar-refractivity contribution in [1.82, 2.24) is 0 Å². The number of hydrogen-bond acceptors (Lipinski definition) is 5. The number of thiocarbonyl (C=S) groups is 1. The molecule has 2 aromatic rings. The van der Waals surface area contributed by atoms with Gasteiger partial charge in [0.2, 0.25) is 4.38 Å². The first-order valence-electron chi connectivity index (χ1n) is 9.28. The van der Waals surface area contributed by atoms with Gasteiger partial charge in [0.15, 0.2) is 0 Å². The minimum atomic E-state index is -0.499. The molecule has 2 aliphatic rings. The number of hydrogen-bond donors (Lipinski definition) is 0. The highest BCUT2D eigenvalue weighted by molar-refractivity contribution is 8.22. The molecule has 4 rings (SSSR count). The summed E-state index contributed by atoms with van der Waals surface area (Å²) in [5.41, 5.74) is 1.99. The minimum absolute atomic E-state index is 0.00504. The van der Waals surface area contributed by atoms with Gasteiger partial charge >= 0.3 is 5.97 Å². The van der Waals surface area contributed by atoms with Crippen LogP contribution in [0, 0.1) is 5.92 Å². The van der Waals surface area contributed by atoms with Crippen molar-refractivity contribution in [1.29, 1.82) is 0 Å². The quantitative estimate of drug-likeness (QED) is 0.497. The van der Waals surface area contributed by atoms with Gasteiger partial charge in [-0.1, -0.05) is 48.2 Å². The molecule has 2 aliphatic carbocycles. The van der Waals surface area contributed by atoms with Crippen LogP contribution in [-0.4, -0.2) is 28.3 Å². The maximum Gasteiger partial charge on any atom is 0.310 e. The first-order valence-corrected chi connectivity index (χ1v) is 10.9. The first-order chi connectivity index (χ1) is 12.8. The van der Waals surface area contributed by atoms with Crippen LogP contribution in [0.1, 0.15) is 50.2 Å². The summed E-state index contributed by atoms with van der Waals surface area (Å²) in [5, 5.41) is 2.40. The Morgan fingerprint density at radius 2 is 1.78 bits per heavy atom. The molecule has 4 atom stereocenters. The van der Waals surface area contributed by atoms with Crippen LogP contribution in [0.5, 0.6) is 0 Å². The summed E-state index contributed by atoms with van der Waals surface area (Å²) in [6.07, 6.45) is 2.66. The van der Waals surface area contributed by atoms with Crippen LogP contribution in [0.2, 0.25) is 0 Å². The van der Waals surface area contributed by atoms with Gasteiger partial charge in [0.05, 0.1) is 5.92 Å². The molecule has 0 radical (unpaired) electrons. The number of thioether (sulfide) groups is 1. The molecule has 0 aromatic heterocycles. The van der Waals surface area contributed by atoms with Crippen LogP contribution < -0.4 is 0 Å². The molecule has 0 aliphatic heterocycles. The van der Waals surface area contributed by atoms with Gasteiger partial charge in [0.25, 0.3) is 0 Å². The fourth-order valence-electron chi connectivity index (χ4n) is 4.60. The second-order valence-electron chi connectivity index (χ2n) is 8.37. The van der Waals surface area contributed by atoms with E-state index in [2.05, 4.69) is 30.3 Å². The Bertz CT molecular complexity index is 915. The van der Waals surface area contributed by atoms with Crippen molar-refractivity contribution in [3.05, 3.63) is 47.5 Å². The Balaban J connectivity index is 1.76. The summed E-state index contributed by atoms with van der Waals surface area (Å²) in [4.78, 5) is 13.1. The highest BCUT2D eigenvalue weighted by Crippen LogP contribution is 2.59. The smallest absolute Gasteiger partial charge is 0.310 e. The molecule has 0 N–H and O–H groups in total. The lowest BCUT2D eigenvalue weighted by atomic mass is 9.87. The fraction of sp³-hybridized carbons (Fsp3) is 0.455. The van der Waals surface area contributed by atoms with Crippen LogP contribution in [0.4, 0.5) is 0 Å². The highest BCUT2D eigenvalue weighted by atomic mass is 32.2. The van der Waals surface area contributed by atoms with Gasteiger partial charge in [-0.05, 0) is 67.6 Å². The number of carbonyl (C=O) groups excluding carboxylic acids is 1. The molecule has 3 nitrogen and oxygen atoms in total. The Kier molecular flexibility index (Phi) is 4.71. The van der Waals surface area contributed by atoms with Crippen molar-refractivity contribution in [2.45, 2.75) is 50.7 Å². The van der Waals surface area contributed by atoms with Crippen LogP contribution in [-0.2, 0) is 14.3 Å². The summed E-state index contributed by atoms with van der Waals surface area (Å²) in [6.45, 7) is 5.75. The normalized spacial score (nSPS) is 26.1. The molecule has 2 aromatic carbocycles. The van der Waals surface area contributed by atoms with Crippen molar-refractivity contribution in [2.75, 3.05) is 6.26 Å². The molecule has 0 spiro atoms. The van der Waals surface area contributed by atoms with Crippen LogP contribution in [0.25, 0.3) is 10.8 Å². The van der Waals surface area contributed by atoms with Gasteiger partial charge in [-0.3, -0.25) is 4.79 Å². The summed E-state index contributed by atoms with van der Waals surface area (Å²) in [6, 6.07) is 12.8. The standard InChI is InChI=1S/C22H24O3S2/c1-22(2,3)25-20(23)19-16-11-17(24-21(26)27-4)18(19)15-10-13-8-6-5-7-12(13)9-14(15)16/h5-10,16-19H,11H2,1-4H3/t16-,17+,18-,19?/m1/s1. The number of carbonyl (C=O) groups is 1. The van der Waals surface area contributed by atoms with E-state index in [1.807, 2.05) is 33.1 Å². The van der Waals surface area contributed by atoms with Gasteiger partial charge in [-0.2, -0.15) is 0 Å². The number of esters is 1. The summed E-state index contributed by atoms with van der Waals surface area (Å²) < 4.78 is 12.4. The molecule has 2 bridgehead atoms. The van der Waals surface area contributed by atoms with Gasteiger partial charge in [0, 0.05) is 11.8 Å². The largest absolute Gasteiger partial charge is 0.475 e. The zero-order chi connectivity index (χ0) is 19.3. The zero-order valence-electron chi connectivity index (χ0n) is 16.0. The lowest BCUT2D eigenvalue weighted by Gasteiger charge is -2.26. The number of benzene rings is 2. The van der Waals surface area contributed by atoms with Crippen molar-refractivity contribution in [3.63, 3.8) is 0 Å². The topological polar surface area (TPSA) is 35.5 Å². The predicted molar refractivity (Wildman–Crippen MR) is 114 cm³/mol. The van der Waals surface area contributed by atoms with Crippen LogP contribution in [0.15, 0.2) is 36.4 Å². The lowest BCUT2D eigenvalue weighted by molar-refractivity contribution is -0.160. The Morgan fingerprint density at radius 1 is 1.15 bits per heavy atom. The molecule has 142 valence electrons. The molecular formula is C22H24O3S2. The predicted octanol–water partition coefficient (Wildman–Crippen LogP) is 5.42. The molecule has 0 saturated heterocycles. The average Bonchev–Trinajstić information content (AvgIpc) is 3.11. The number of rotatable bonds is 2. The van der Waals surface area contributed by atoms with E-state index in [9.17, 15) is 4.79 Å². The zero-order valence-corrected chi connectivity index (χ0v) is 17.7. The van der Waals surface area contributed by atoms with E-state index < -0.39 is 5.60 Å². The highest BCUT2D eigenvalue weighted by Gasteiger charge is 2.57. The van der Waals surface area contributed by atoms with Crippen molar-refractivity contribution < 1.29 is 14.3 Å². The van der Waals surface area contributed by atoms with E-state index in [0.29, 0.717) is 4.38 Å². The minimum Gasteiger partial charge on any atom is -0.475 e. The van der Waals surface area contributed by atoms with E-state index in [0.717, 1.165) is 6.42 Å². The van der Waals surface area contributed by atoms with Gasteiger partial charge in [-0.25, -0.2) is 0 Å². The lowest BCUT2D eigenvalue weighted by Crippen LogP contribution is -2.31. The Morgan fingerprint density at radius 3 is 2.37 bits per heavy atom. The first kappa shape index (κ1) is 18.8. The maximum absolute atomic E-state index is 13.1. The third-order valence-corrected chi connectivity index (χ3v) is 6.54. The maximum atomic E-state index is 13.1. The number of ether oxygens (including phenoxy) is 2. The molecule has 27 heavy (non-hydrogen) atoms. The second kappa shape index (κ2) is 6.78. The van der Waals surface area contributed by atoms with Crippen molar-refractivity contribution in [2.24, 2.45) is 5.92 Å². The molecular weight excluding hydrogens is 376 g/mol. The summed E-state index contributed by atoms with van der Waals surface area (Å²) >= 11 is 6.74. The molecule has 5 heteroatoms. The molecule has 1 fully saturated rings. The Hall–Kier alpha value is -1.59. The monoisotopic (exact) mass is 400 g/mol. The van der Waals surface area contributed by atoms with E-state index in [1.165, 1.54) is 33.7 Å². The van der Waals surface area contributed by atoms with Crippen molar-refractivity contribution in [3.8, 4) is 0 Å². The van der Waals surface area contributed by atoms with Crippen LogP contribution >= 0.6 is 24.0 Å². The third kappa shape index (κ3) is 3.36. The second-order valence-corrected chi connectivity index (χ2v) is 9.77.